The quantitative estimate of drug-likeness (QED) is 0.815. The summed E-state index contributed by atoms with van der Waals surface area (Å²) in [6, 6.07) is 12.5. The zero-order valence-corrected chi connectivity index (χ0v) is 14.8. The SMILES string of the molecule is CC1=C(CC(=O)O)c2cc(O)ccc2/C1=C/c1ccc([S+](C)[O-])cc1. The maximum absolute atomic E-state index is 11.5. The number of allylic oxidation sites excluding steroid dienone is 2. The highest BCUT2D eigenvalue weighted by Gasteiger charge is 2.25. The van der Waals surface area contributed by atoms with Crippen LogP contribution in [-0.4, -0.2) is 27.0 Å². The summed E-state index contributed by atoms with van der Waals surface area (Å²) >= 11 is -1.02. The number of carboxylic acid groups (broad SMARTS) is 1. The fourth-order valence-electron chi connectivity index (χ4n) is 3.07. The lowest BCUT2D eigenvalue weighted by Gasteiger charge is -2.06. The van der Waals surface area contributed by atoms with Gasteiger partial charge in [0.2, 0.25) is 0 Å². The minimum atomic E-state index is -1.02. The standard InChI is InChI=1S/C20H18O4S/c1-12-17(9-13-3-6-15(7-4-13)25(2)24)16-8-5-14(21)10-19(16)18(12)11-20(22)23/h3-10,21H,11H2,1-2H3,(H,22,23)/b17-9+. The van der Waals surface area contributed by atoms with E-state index in [0.29, 0.717) is 0 Å². The van der Waals surface area contributed by atoms with Gasteiger partial charge in [0, 0.05) is 0 Å². The van der Waals surface area contributed by atoms with E-state index >= 15 is 0 Å². The van der Waals surface area contributed by atoms with E-state index in [9.17, 15) is 19.6 Å². The van der Waals surface area contributed by atoms with Crippen molar-refractivity contribution >= 4 is 34.4 Å². The number of carbonyl (C=O) groups is 1. The molecule has 5 heteroatoms. The molecule has 0 aromatic heterocycles. The maximum atomic E-state index is 11.5. The van der Waals surface area contributed by atoms with Gasteiger partial charge in [-0.1, -0.05) is 6.07 Å². The second-order valence-corrected chi connectivity index (χ2v) is 7.36. The molecule has 25 heavy (non-hydrogen) atoms. The summed E-state index contributed by atoms with van der Waals surface area (Å²) in [5.74, 6) is -0.787. The fourth-order valence-corrected chi connectivity index (χ4v) is 3.59. The predicted molar refractivity (Wildman–Crippen MR) is 99.6 cm³/mol. The number of phenolic OH excluding ortho intramolecular Hbond substituents is 1. The summed E-state index contributed by atoms with van der Waals surface area (Å²) in [7, 11) is 0. The van der Waals surface area contributed by atoms with Crippen molar-refractivity contribution in [2.75, 3.05) is 6.26 Å². The molecule has 4 nitrogen and oxygen atoms in total. The number of phenols is 1. The van der Waals surface area contributed by atoms with Crippen LogP contribution >= 0.6 is 0 Å². The summed E-state index contributed by atoms with van der Waals surface area (Å²) in [5, 5.41) is 19.0. The smallest absolute Gasteiger partial charge is 0.307 e. The summed E-state index contributed by atoms with van der Waals surface area (Å²) in [5.41, 5.74) is 5.17. The van der Waals surface area contributed by atoms with Crippen molar-refractivity contribution < 1.29 is 19.6 Å². The van der Waals surface area contributed by atoms with Crippen molar-refractivity contribution in [3.63, 3.8) is 0 Å². The average molecular weight is 354 g/mol. The van der Waals surface area contributed by atoms with Crippen molar-refractivity contribution in [3.05, 3.63) is 64.7 Å². The van der Waals surface area contributed by atoms with Gasteiger partial charge in [0.15, 0.2) is 4.90 Å². The highest BCUT2D eigenvalue weighted by molar-refractivity contribution is 7.90. The van der Waals surface area contributed by atoms with E-state index in [0.717, 1.165) is 38.3 Å². The molecule has 3 rings (SSSR count). The minimum Gasteiger partial charge on any atom is -0.612 e. The normalized spacial score (nSPS) is 16.2. The predicted octanol–water partition coefficient (Wildman–Crippen LogP) is 3.93. The van der Waals surface area contributed by atoms with E-state index in [1.807, 2.05) is 43.3 Å². The van der Waals surface area contributed by atoms with Gasteiger partial charge in [-0.15, -0.1) is 0 Å². The van der Waals surface area contributed by atoms with Crippen molar-refractivity contribution in [2.45, 2.75) is 18.2 Å². The highest BCUT2D eigenvalue weighted by atomic mass is 32.2. The van der Waals surface area contributed by atoms with Crippen LogP contribution in [-0.2, 0) is 16.0 Å². The van der Waals surface area contributed by atoms with E-state index in [2.05, 4.69) is 0 Å². The Balaban J connectivity index is 2.09. The number of benzene rings is 2. The number of aromatic hydroxyl groups is 1. The van der Waals surface area contributed by atoms with Crippen LogP contribution in [0.2, 0.25) is 0 Å². The molecule has 1 aliphatic rings. The third-order valence-electron chi connectivity index (χ3n) is 4.33. The molecule has 2 N–H and O–H groups in total. The van der Waals surface area contributed by atoms with Crippen LogP contribution in [0.15, 0.2) is 52.9 Å². The van der Waals surface area contributed by atoms with Gasteiger partial charge in [-0.3, -0.25) is 4.79 Å². The van der Waals surface area contributed by atoms with Crippen LogP contribution in [0, 0.1) is 0 Å². The monoisotopic (exact) mass is 354 g/mol. The summed E-state index contributed by atoms with van der Waals surface area (Å²) in [6.45, 7) is 1.90. The van der Waals surface area contributed by atoms with Crippen LogP contribution in [0.1, 0.15) is 30.0 Å². The molecule has 0 spiro atoms. The third-order valence-corrected chi connectivity index (χ3v) is 5.26. The first-order valence-corrected chi connectivity index (χ1v) is 9.33. The zero-order valence-electron chi connectivity index (χ0n) is 13.9. The first-order chi connectivity index (χ1) is 11.9. The molecule has 0 aliphatic heterocycles. The van der Waals surface area contributed by atoms with Gasteiger partial charge in [-0.2, -0.15) is 0 Å². The summed E-state index contributed by atoms with van der Waals surface area (Å²) in [6.07, 6.45) is 3.54. The number of carboxylic acids is 1. The largest absolute Gasteiger partial charge is 0.612 e. The number of hydrogen-bond acceptors (Lipinski definition) is 3. The minimum absolute atomic E-state index is 0.0899. The molecule has 128 valence electrons. The van der Waals surface area contributed by atoms with Gasteiger partial charge in [0.05, 0.1) is 6.42 Å². The summed E-state index contributed by atoms with van der Waals surface area (Å²) < 4.78 is 11.5. The molecule has 0 saturated carbocycles. The molecule has 2 aromatic rings. The van der Waals surface area contributed by atoms with Crippen molar-refractivity contribution in [1.82, 2.24) is 0 Å². The van der Waals surface area contributed by atoms with Gasteiger partial charge in [0.1, 0.15) is 12.0 Å². The Bertz CT molecular complexity index is 892. The molecule has 0 radical (unpaired) electrons. The lowest BCUT2D eigenvalue weighted by molar-refractivity contribution is -0.135. The van der Waals surface area contributed by atoms with E-state index in [1.54, 1.807) is 18.4 Å². The van der Waals surface area contributed by atoms with E-state index in [4.69, 9.17) is 0 Å². The molecule has 0 amide bonds. The van der Waals surface area contributed by atoms with E-state index < -0.39 is 17.1 Å². The third kappa shape index (κ3) is 3.48. The van der Waals surface area contributed by atoms with Crippen LogP contribution in [0.3, 0.4) is 0 Å². The Labute approximate surface area is 149 Å². The number of rotatable bonds is 4. The van der Waals surface area contributed by atoms with Gasteiger partial charge < -0.3 is 14.8 Å². The average Bonchev–Trinajstić information content (AvgIpc) is 2.80. The molecule has 0 fully saturated rings. The number of fused-ring (bicyclic) bond motifs is 1. The Kier molecular flexibility index (Phi) is 4.70. The van der Waals surface area contributed by atoms with Crippen molar-refractivity contribution in [2.24, 2.45) is 0 Å². The van der Waals surface area contributed by atoms with Gasteiger partial charge >= 0.3 is 5.97 Å². The van der Waals surface area contributed by atoms with Gasteiger partial charge in [0.25, 0.3) is 0 Å². The Morgan fingerprint density at radius 1 is 1.16 bits per heavy atom. The van der Waals surface area contributed by atoms with Crippen molar-refractivity contribution in [1.29, 1.82) is 0 Å². The first kappa shape index (κ1) is 17.3. The van der Waals surface area contributed by atoms with Crippen LogP contribution in [0.4, 0.5) is 0 Å². The number of hydrogen-bond donors (Lipinski definition) is 2. The molecule has 0 bridgehead atoms. The molecule has 1 aliphatic carbocycles. The molecule has 2 aromatic carbocycles. The molecular weight excluding hydrogens is 336 g/mol. The molecule has 1 atom stereocenters. The zero-order chi connectivity index (χ0) is 18.1. The van der Waals surface area contributed by atoms with Crippen LogP contribution in [0.25, 0.3) is 17.2 Å². The van der Waals surface area contributed by atoms with E-state index in [-0.39, 0.29) is 12.2 Å². The van der Waals surface area contributed by atoms with Crippen LogP contribution in [0.5, 0.6) is 5.75 Å². The van der Waals surface area contributed by atoms with Crippen LogP contribution < -0.4 is 0 Å². The molecule has 1 unspecified atom stereocenters. The van der Waals surface area contributed by atoms with Gasteiger partial charge in [-0.05, 0) is 94.0 Å². The molecular formula is C20H18O4S. The maximum Gasteiger partial charge on any atom is 0.307 e. The Hall–Kier alpha value is -2.50. The first-order valence-electron chi connectivity index (χ1n) is 7.77. The topological polar surface area (TPSA) is 80.6 Å². The second kappa shape index (κ2) is 6.78. The Morgan fingerprint density at radius 2 is 1.84 bits per heavy atom. The highest BCUT2D eigenvalue weighted by Crippen LogP contribution is 2.44. The Morgan fingerprint density at radius 3 is 2.44 bits per heavy atom. The number of aliphatic carboxylic acids is 1. The summed E-state index contributed by atoms with van der Waals surface area (Å²) in [4.78, 5) is 12.0. The lowest BCUT2D eigenvalue weighted by atomic mass is 10.0. The van der Waals surface area contributed by atoms with Crippen molar-refractivity contribution in [3.8, 4) is 5.75 Å². The second-order valence-electron chi connectivity index (χ2n) is 5.99. The molecule has 0 heterocycles. The van der Waals surface area contributed by atoms with Gasteiger partial charge in [-0.25, -0.2) is 0 Å². The van der Waals surface area contributed by atoms with E-state index in [1.165, 1.54) is 0 Å². The fraction of sp³-hybridized carbons (Fsp3) is 0.150. The lowest BCUT2D eigenvalue weighted by Crippen LogP contribution is -1.96. The molecule has 0 saturated heterocycles.